The average Bonchev–Trinajstić information content (AvgIpc) is 2.61. The van der Waals surface area contributed by atoms with Gasteiger partial charge < -0.3 is 0 Å². The van der Waals surface area contributed by atoms with Crippen LogP contribution in [0.1, 0.15) is 21.5 Å². The molecule has 0 aliphatic rings. The van der Waals surface area contributed by atoms with Crippen LogP contribution >= 0.6 is 0 Å². The Balaban J connectivity index is 2.05. The minimum Gasteiger partial charge on any atom is -0.267 e. The van der Waals surface area contributed by atoms with Crippen LogP contribution < -0.4 is 10.9 Å². The molecule has 3 rings (SSSR count). The maximum Gasteiger partial charge on any atom is 0.272 e. The molecule has 3 aromatic rings. The minimum absolute atomic E-state index is 0.141. The van der Waals surface area contributed by atoms with Gasteiger partial charge in [0.15, 0.2) is 0 Å². The van der Waals surface area contributed by atoms with Crippen LogP contribution in [0.25, 0.3) is 10.8 Å². The Morgan fingerprint density at radius 3 is 2.52 bits per heavy atom. The van der Waals surface area contributed by atoms with Crippen molar-refractivity contribution in [1.82, 2.24) is 0 Å². The molecule has 25 heavy (non-hydrogen) atoms. The first-order valence-corrected chi connectivity index (χ1v) is 7.72. The summed E-state index contributed by atoms with van der Waals surface area (Å²) in [6, 6.07) is 15.7. The molecule has 6 nitrogen and oxygen atoms in total. The van der Waals surface area contributed by atoms with Crippen LogP contribution in [0.5, 0.6) is 0 Å². The van der Waals surface area contributed by atoms with Gasteiger partial charge in [-0.15, -0.1) is 0 Å². The molecule has 0 radical (unpaired) electrons. The predicted octanol–water partition coefficient (Wildman–Crippen LogP) is 3.89. The van der Waals surface area contributed by atoms with Crippen molar-refractivity contribution >= 4 is 28.1 Å². The van der Waals surface area contributed by atoms with Crippen LogP contribution in [0.2, 0.25) is 0 Å². The summed E-state index contributed by atoms with van der Waals surface area (Å²) in [5, 5.41) is 14.1. The van der Waals surface area contributed by atoms with E-state index in [1.807, 2.05) is 37.3 Å². The van der Waals surface area contributed by atoms with E-state index in [1.54, 1.807) is 19.1 Å². The number of nitrogens with zero attached hydrogens (tertiary/aromatic N) is 2. The number of rotatable bonds is 3. The number of hydrogen-bond acceptors (Lipinski definition) is 4. The van der Waals surface area contributed by atoms with Crippen molar-refractivity contribution in [3.63, 3.8) is 0 Å². The molecule has 0 bridgehead atoms. The van der Waals surface area contributed by atoms with Crippen molar-refractivity contribution in [2.45, 2.75) is 13.8 Å². The van der Waals surface area contributed by atoms with Gasteiger partial charge in [-0.05, 0) is 41.8 Å². The number of carbonyl (C=O) groups excluding carboxylic acids is 1. The Hall–Kier alpha value is -3.25. The summed E-state index contributed by atoms with van der Waals surface area (Å²) < 4.78 is 0. The van der Waals surface area contributed by atoms with Crippen LogP contribution in [0, 0.1) is 24.0 Å². The number of nitro benzene ring substituents is 1. The summed E-state index contributed by atoms with van der Waals surface area (Å²) in [5.41, 5.74) is 2.14. The number of non-ortho nitro benzene ring substituents is 1. The molecule has 0 spiro atoms. The van der Waals surface area contributed by atoms with Gasteiger partial charge in [0.2, 0.25) is 0 Å². The second-order valence-electron chi connectivity index (χ2n) is 5.86. The number of nitro groups is 1. The summed E-state index contributed by atoms with van der Waals surface area (Å²) in [6.45, 7) is 3.61. The third-order valence-corrected chi connectivity index (χ3v) is 4.31. The first-order chi connectivity index (χ1) is 11.9. The van der Waals surface area contributed by atoms with Crippen molar-refractivity contribution in [1.29, 1.82) is 0 Å². The van der Waals surface area contributed by atoms with Crippen molar-refractivity contribution in [2.75, 3.05) is 5.01 Å². The number of amides is 1. The highest BCUT2D eigenvalue weighted by Crippen LogP contribution is 2.28. The Bertz CT molecular complexity index is 998. The fourth-order valence-corrected chi connectivity index (χ4v) is 2.87. The SMILES string of the molecule is Cc1ccc([N+](=O)[O-])cc1C(=O)N(N)c1ccc2ccccc2c1C. The quantitative estimate of drug-likeness (QED) is 0.340. The smallest absolute Gasteiger partial charge is 0.267 e. The first-order valence-electron chi connectivity index (χ1n) is 7.72. The van der Waals surface area contributed by atoms with Gasteiger partial charge >= 0.3 is 0 Å². The fraction of sp³-hybridized carbons (Fsp3) is 0.105. The summed E-state index contributed by atoms with van der Waals surface area (Å²) in [7, 11) is 0. The van der Waals surface area contributed by atoms with E-state index < -0.39 is 10.8 Å². The van der Waals surface area contributed by atoms with E-state index in [2.05, 4.69) is 0 Å². The van der Waals surface area contributed by atoms with Gasteiger partial charge in [0.05, 0.1) is 16.2 Å². The lowest BCUT2D eigenvalue weighted by atomic mass is 10.0. The molecule has 0 heterocycles. The van der Waals surface area contributed by atoms with Gasteiger partial charge in [-0.1, -0.05) is 36.4 Å². The van der Waals surface area contributed by atoms with E-state index >= 15 is 0 Å². The molecular formula is C19H17N3O3. The molecule has 0 fully saturated rings. The Labute approximate surface area is 144 Å². The van der Waals surface area contributed by atoms with Crippen LogP contribution in [0.15, 0.2) is 54.6 Å². The zero-order valence-corrected chi connectivity index (χ0v) is 13.9. The highest BCUT2D eigenvalue weighted by molar-refractivity contribution is 6.08. The maximum atomic E-state index is 12.8. The van der Waals surface area contributed by atoms with E-state index in [0.717, 1.165) is 21.3 Å². The van der Waals surface area contributed by atoms with Crippen LogP contribution in [-0.2, 0) is 0 Å². The van der Waals surface area contributed by atoms with E-state index in [1.165, 1.54) is 12.1 Å². The zero-order chi connectivity index (χ0) is 18.1. The molecule has 0 aliphatic carbocycles. The molecule has 126 valence electrons. The molecule has 0 saturated heterocycles. The topological polar surface area (TPSA) is 89.5 Å². The number of fused-ring (bicyclic) bond motifs is 1. The largest absolute Gasteiger partial charge is 0.272 e. The normalized spacial score (nSPS) is 10.7. The zero-order valence-electron chi connectivity index (χ0n) is 13.9. The van der Waals surface area contributed by atoms with E-state index in [-0.39, 0.29) is 11.3 Å². The number of hydrazine groups is 1. The Morgan fingerprint density at radius 2 is 1.80 bits per heavy atom. The van der Waals surface area contributed by atoms with Gasteiger partial charge in [-0.2, -0.15) is 0 Å². The third-order valence-electron chi connectivity index (χ3n) is 4.31. The van der Waals surface area contributed by atoms with Crippen molar-refractivity contribution < 1.29 is 9.72 Å². The number of nitrogens with two attached hydrogens (primary N) is 1. The fourth-order valence-electron chi connectivity index (χ4n) is 2.87. The molecule has 2 N–H and O–H groups in total. The molecule has 0 aromatic heterocycles. The second kappa shape index (κ2) is 6.33. The molecule has 1 amide bonds. The van der Waals surface area contributed by atoms with Gasteiger partial charge in [0.1, 0.15) is 0 Å². The molecule has 0 aliphatic heterocycles. The monoisotopic (exact) mass is 335 g/mol. The summed E-state index contributed by atoms with van der Waals surface area (Å²) in [6.07, 6.45) is 0. The van der Waals surface area contributed by atoms with Gasteiger partial charge in [0.25, 0.3) is 11.6 Å². The molecule has 0 unspecified atom stereocenters. The van der Waals surface area contributed by atoms with E-state index in [4.69, 9.17) is 5.84 Å². The molecule has 0 saturated carbocycles. The highest BCUT2D eigenvalue weighted by atomic mass is 16.6. The molecule has 6 heteroatoms. The molecule has 3 aromatic carbocycles. The highest BCUT2D eigenvalue weighted by Gasteiger charge is 2.21. The second-order valence-corrected chi connectivity index (χ2v) is 5.86. The number of anilines is 1. The number of carbonyl (C=O) groups is 1. The Morgan fingerprint density at radius 1 is 1.08 bits per heavy atom. The van der Waals surface area contributed by atoms with Crippen molar-refractivity contribution in [3.8, 4) is 0 Å². The Kier molecular flexibility index (Phi) is 4.21. The van der Waals surface area contributed by atoms with Crippen molar-refractivity contribution in [3.05, 3.63) is 81.4 Å². The van der Waals surface area contributed by atoms with Crippen LogP contribution in [0.3, 0.4) is 0 Å². The van der Waals surface area contributed by atoms with Gasteiger partial charge in [0, 0.05) is 12.1 Å². The summed E-state index contributed by atoms with van der Waals surface area (Å²) >= 11 is 0. The van der Waals surface area contributed by atoms with E-state index in [9.17, 15) is 14.9 Å². The number of hydrogen-bond donors (Lipinski definition) is 1. The minimum atomic E-state index is -0.529. The number of benzene rings is 3. The van der Waals surface area contributed by atoms with Crippen LogP contribution in [0.4, 0.5) is 11.4 Å². The standard InChI is InChI=1S/C19H17N3O3/c1-12-7-9-15(22(24)25)11-17(12)19(23)21(20)18-10-8-14-5-3-4-6-16(14)13(18)2/h3-11H,20H2,1-2H3. The summed E-state index contributed by atoms with van der Waals surface area (Å²) in [4.78, 5) is 23.3. The molecular weight excluding hydrogens is 318 g/mol. The van der Waals surface area contributed by atoms with Gasteiger partial charge in [-0.25, -0.2) is 10.9 Å². The number of aryl methyl sites for hydroxylation is 2. The van der Waals surface area contributed by atoms with Crippen LogP contribution in [-0.4, -0.2) is 10.8 Å². The van der Waals surface area contributed by atoms with Gasteiger partial charge in [-0.3, -0.25) is 14.9 Å². The maximum absolute atomic E-state index is 12.8. The lowest BCUT2D eigenvalue weighted by molar-refractivity contribution is -0.384. The lowest BCUT2D eigenvalue weighted by Gasteiger charge is -2.21. The predicted molar refractivity (Wildman–Crippen MR) is 97.5 cm³/mol. The lowest BCUT2D eigenvalue weighted by Crippen LogP contribution is -2.38. The molecule has 0 atom stereocenters. The first kappa shape index (κ1) is 16.6. The third kappa shape index (κ3) is 2.95. The summed E-state index contributed by atoms with van der Waals surface area (Å²) in [5.74, 6) is 5.58. The van der Waals surface area contributed by atoms with Crippen molar-refractivity contribution in [2.24, 2.45) is 5.84 Å². The average molecular weight is 335 g/mol. The van der Waals surface area contributed by atoms with E-state index in [0.29, 0.717) is 11.3 Å².